The number of hydrogen-bond donors (Lipinski definition) is 2. The molecule has 0 amide bonds. The molecule has 0 bridgehead atoms. The molecule has 0 aliphatic carbocycles. The Morgan fingerprint density at radius 1 is 1.80 bits per heavy atom. The van der Waals surface area contributed by atoms with Gasteiger partial charge in [-0.1, -0.05) is 0 Å². The number of carbonyl (C=O) groups is 1. The fourth-order valence-corrected chi connectivity index (χ4v) is 0.858. The zero-order valence-electron chi connectivity index (χ0n) is 6.33. The van der Waals surface area contributed by atoms with E-state index in [-0.39, 0.29) is 18.9 Å². The van der Waals surface area contributed by atoms with E-state index in [2.05, 4.69) is 0 Å². The van der Waals surface area contributed by atoms with Crippen molar-refractivity contribution in [2.75, 3.05) is 12.0 Å². The Bertz CT molecular complexity index is 102. The van der Waals surface area contributed by atoms with Gasteiger partial charge in [-0.25, -0.2) is 0 Å². The number of rotatable bonds is 4. The van der Waals surface area contributed by atoms with E-state index in [0.717, 1.165) is 5.75 Å². The first-order valence-electron chi connectivity index (χ1n) is 2.65. The molecule has 5 heteroatoms. The van der Waals surface area contributed by atoms with Gasteiger partial charge in [-0.2, -0.15) is 11.8 Å². The third kappa shape index (κ3) is 6.50. The predicted molar refractivity (Wildman–Crippen MR) is 44.4 cm³/mol. The first kappa shape index (κ1) is 13.0. The Morgan fingerprint density at radius 3 is 2.60 bits per heavy atom. The molecule has 0 aliphatic rings. The molecule has 3 N–H and O–H groups in total. The van der Waals surface area contributed by atoms with Crippen LogP contribution in [0.3, 0.4) is 0 Å². The normalized spacial score (nSPS) is 11.8. The van der Waals surface area contributed by atoms with Crippen LogP contribution in [0.25, 0.3) is 0 Å². The average molecular weight is 156 g/mol. The summed E-state index contributed by atoms with van der Waals surface area (Å²) < 4.78 is 0. The van der Waals surface area contributed by atoms with E-state index in [9.17, 15) is 4.79 Å². The van der Waals surface area contributed by atoms with Gasteiger partial charge in [0.1, 0.15) is 6.04 Å². The van der Waals surface area contributed by atoms with Gasteiger partial charge >= 0.3 is 5.97 Å². The van der Waals surface area contributed by atoms with Crippen LogP contribution in [-0.2, 0) is 4.79 Å². The van der Waals surface area contributed by atoms with Crippen molar-refractivity contribution in [2.24, 2.45) is 5.73 Å². The predicted octanol–water partition coefficient (Wildman–Crippen LogP) is -0.229. The number of aliphatic carboxylic acids is 1. The van der Waals surface area contributed by atoms with Gasteiger partial charge in [0.25, 0.3) is 0 Å². The van der Waals surface area contributed by atoms with Crippen LogP contribution in [-0.4, -0.2) is 48.0 Å². The molecule has 0 aromatic carbocycles. The molecule has 3 nitrogen and oxygen atoms in total. The van der Waals surface area contributed by atoms with Crippen LogP contribution in [0, 0.1) is 0 Å². The second-order valence-corrected chi connectivity index (χ2v) is 2.71. The Labute approximate surface area is 76.9 Å². The van der Waals surface area contributed by atoms with E-state index in [1.54, 1.807) is 11.8 Å². The Morgan fingerprint density at radius 2 is 2.30 bits per heavy atom. The van der Waals surface area contributed by atoms with Gasteiger partial charge in [0.15, 0.2) is 0 Å². The molecule has 0 saturated heterocycles. The molecule has 0 aromatic heterocycles. The fraction of sp³-hybridized carbons (Fsp3) is 0.800. The van der Waals surface area contributed by atoms with E-state index >= 15 is 0 Å². The molecular weight excluding hydrogens is 145 g/mol. The van der Waals surface area contributed by atoms with E-state index in [1.807, 2.05) is 6.26 Å². The molecule has 0 spiro atoms. The minimum absolute atomic E-state index is 0. The van der Waals surface area contributed by atoms with Crippen LogP contribution in [0.5, 0.6) is 0 Å². The molecule has 0 heterocycles. The van der Waals surface area contributed by atoms with Crippen LogP contribution in [0.4, 0.5) is 0 Å². The first-order valence-corrected chi connectivity index (χ1v) is 4.05. The largest absolute Gasteiger partial charge is 0.480 e. The quantitative estimate of drug-likeness (QED) is 0.552. The third-order valence-corrected chi connectivity index (χ3v) is 1.59. The van der Waals surface area contributed by atoms with Gasteiger partial charge in [0.05, 0.1) is 0 Å². The smallest absolute Gasteiger partial charge is 0.320 e. The molecule has 0 aromatic rings. The van der Waals surface area contributed by atoms with Gasteiger partial charge < -0.3 is 10.8 Å². The summed E-state index contributed by atoms with van der Waals surface area (Å²) in [6.45, 7) is 0. The molecule has 0 aliphatic heterocycles. The van der Waals surface area contributed by atoms with E-state index in [0.29, 0.717) is 6.42 Å². The van der Waals surface area contributed by atoms with Crippen LogP contribution >= 0.6 is 11.8 Å². The zero-order chi connectivity index (χ0) is 7.28. The van der Waals surface area contributed by atoms with Gasteiger partial charge in [-0.15, -0.1) is 0 Å². The number of carboxylic acids is 1. The Balaban J connectivity index is 0. The first-order chi connectivity index (χ1) is 4.18. The van der Waals surface area contributed by atoms with Crippen molar-refractivity contribution in [3.63, 3.8) is 0 Å². The fourth-order valence-electron chi connectivity index (χ4n) is 0.368. The minimum atomic E-state index is -0.913. The van der Waals surface area contributed by atoms with Crippen molar-refractivity contribution in [1.29, 1.82) is 0 Å². The Kier molecular flexibility index (Phi) is 9.73. The molecular formula is C5H11LiNO2S. The monoisotopic (exact) mass is 156 g/mol. The Hall–Kier alpha value is 0.377. The molecule has 0 fully saturated rings. The third-order valence-electron chi connectivity index (χ3n) is 0.950. The maximum atomic E-state index is 10.1. The number of thioether (sulfide) groups is 1. The van der Waals surface area contributed by atoms with Crippen LogP contribution < -0.4 is 5.73 Å². The summed E-state index contributed by atoms with van der Waals surface area (Å²) in [5.74, 6) is -0.1000. The maximum Gasteiger partial charge on any atom is 0.320 e. The minimum Gasteiger partial charge on any atom is -0.480 e. The zero-order valence-corrected chi connectivity index (χ0v) is 7.15. The van der Waals surface area contributed by atoms with E-state index in [4.69, 9.17) is 10.8 Å². The second-order valence-electron chi connectivity index (χ2n) is 1.73. The molecule has 0 unspecified atom stereocenters. The van der Waals surface area contributed by atoms with Crippen molar-refractivity contribution in [2.45, 2.75) is 12.5 Å². The number of nitrogens with two attached hydrogens (primary N) is 1. The van der Waals surface area contributed by atoms with Crippen molar-refractivity contribution in [1.82, 2.24) is 0 Å². The van der Waals surface area contributed by atoms with Gasteiger partial charge in [-0.3, -0.25) is 4.79 Å². The molecule has 1 radical (unpaired) electrons. The van der Waals surface area contributed by atoms with E-state index < -0.39 is 12.0 Å². The van der Waals surface area contributed by atoms with Crippen LogP contribution in [0.1, 0.15) is 6.42 Å². The van der Waals surface area contributed by atoms with Crippen molar-refractivity contribution in [3.8, 4) is 0 Å². The summed E-state index contributed by atoms with van der Waals surface area (Å²) in [5.41, 5.74) is 5.19. The van der Waals surface area contributed by atoms with Gasteiger partial charge in [0.2, 0.25) is 0 Å². The molecule has 0 saturated carbocycles. The topological polar surface area (TPSA) is 63.3 Å². The van der Waals surface area contributed by atoms with Gasteiger partial charge in [0, 0.05) is 18.9 Å². The SMILES string of the molecule is CSCC[C@H](N)C(=O)O.[Li]. The van der Waals surface area contributed by atoms with E-state index in [1.165, 1.54) is 0 Å². The number of hydrogen-bond acceptors (Lipinski definition) is 3. The molecule has 1 atom stereocenters. The van der Waals surface area contributed by atoms with Crippen LogP contribution in [0.15, 0.2) is 0 Å². The standard InChI is InChI=1S/C5H11NO2S.Li/c1-9-3-2-4(6)5(7)8;/h4H,2-3,6H2,1H3,(H,7,8);/t4-;/m0./s1. The maximum absolute atomic E-state index is 10.1. The average Bonchev–Trinajstić information content (AvgIpc) is 1.82. The second kappa shape index (κ2) is 7.48. The van der Waals surface area contributed by atoms with Crippen molar-refractivity contribution < 1.29 is 9.90 Å². The van der Waals surface area contributed by atoms with Crippen LogP contribution in [0.2, 0.25) is 0 Å². The summed E-state index contributed by atoms with van der Waals surface area (Å²) in [7, 11) is 0. The summed E-state index contributed by atoms with van der Waals surface area (Å²) >= 11 is 1.60. The summed E-state index contributed by atoms with van der Waals surface area (Å²) in [5, 5.41) is 8.27. The van der Waals surface area contributed by atoms with Crippen molar-refractivity contribution in [3.05, 3.63) is 0 Å². The summed E-state index contributed by atoms with van der Waals surface area (Å²) in [6.07, 6.45) is 2.48. The molecule has 55 valence electrons. The van der Waals surface area contributed by atoms with Crippen molar-refractivity contribution >= 4 is 36.6 Å². The summed E-state index contributed by atoms with van der Waals surface area (Å²) in [6, 6.07) is -0.683. The summed E-state index contributed by atoms with van der Waals surface area (Å²) in [4.78, 5) is 10.1. The van der Waals surface area contributed by atoms with Gasteiger partial charge in [-0.05, 0) is 18.4 Å². The molecule has 10 heavy (non-hydrogen) atoms. The number of carboxylic acid groups (broad SMARTS) is 1. The molecule has 0 rings (SSSR count).